The number of esters is 1. The molecule has 1 rings (SSSR count). The maximum atomic E-state index is 11.3. The van der Waals surface area contributed by atoms with E-state index in [9.17, 15) is 4.79 Å². The van der Waals surface area contributed by atoms with Crippen molar-refractivity contribution in [3.8, 4) is 0 Å². The third kappa shape index (κ3) is 4.33. The van der Waals surface area contributed by atoms with Crippen LogP contribution in [0.1, 0.15) is 26.2 Å². The summed E-state index contributed by atoms with van der Waals surface area (Å²) in [7, 11) is 1.41. The van der Waals surface area contributed by atoms with E-state index in [2.05, 4.69) is 5.32 Å². The zero-order valence-corrected chi connectivity index (χ0v) is 10.1. The average Bonchev–Trinajstić information content (AvgIpc) is 2.35. The lowest BCUT2D eigenvalue weighted by Crippen LogP contribution is -2.35. The normalized spacial score (nSPS) is 18.5. The molecule has 1 aliphatic heterocycles. The molecule has 16 heavy (non-hydrogen) atoms. The molecule has 1 N–H and O–H groups in total. The Morgan fingerprint density at radius 3 is 2.75 bits per heavy atom. The number of carbonyl (C=O) groups excluding carboxylic acids is 1. The number of methoxy groups -OCH3 is 1. The number of nitrogens with one attached hydrogen (secondary N) is 1. The van der Waals surface area contributed by atoms with Crippen molar-refractivity contribution in [2.45, 2.75) is 32.2 Å². The van der Waals surface area contributed by atoms with Gasteiger partial charge in [0.15, 0.2) is 0 Å². The van der Waals surface area contributed by atoms with Crippen LogP contribution in [0.3, 0.4) is 0 Å². The van der Waals surface area contributed by atoms with Crippen molar-refractivity contribution < 1.29 is 14.3 Å². The number of ether oxygens (including phenoxy) is 2. The van der Waals surface area contributed by atoms with Crippen LogP contribution in [0.2, 0.25) is 0 Å². The minimum absolute atomic E-state index is 0.226. The Hall–Kier alpha value is -0.870. The standard InChI is InChI=1S/C12H21NO3/c1-3-10(12(14)15-2)4-7-13-11-5-8-16-9-6-11/h4,11,13H,3,5-9H2,1-2H3. The largest absolute Gasteiger partial charge is 0.466 e. The van der Waals surface area contributed by atoms with E-state index in [0.717, 1.165) is 38.2 Å². The van der Waals surface area contributed by atoms with Crippen LogP contribution >= 0.6 is 0 Å². The van der Waals surface area contributed by atoms with E-state index in [-0.39, 0.29) is 5.97 Å². The minimum atomic E-state index is -0.226. The van der Waals surface area contributed by atoms with Gasteiger partial charge in [-0.05, 0) is 19.3 Å². The van der Waals surface area contributed by atoms with Gasteiger partial charge in [0.1, 0.15) is 0 Å². The summed E-state index contributed by atoms with van der Waals surface area (Å²) in [6.07, 6.45) is 4.73. The molecule has 0 aromatic rings. The minimum Gasteiger partial charge on any atom is -0.466 e. The van der Waals surface area contributed by atoms with Crippen LogP contribution in [0.5, 0.6) is 0 Å². The van der Waals surface area contributed by atoms with E-state index in [1.165, 1.54) is 7.11 Å². The molecule has 1 heterocycles. The van der Waals surface area contributed by atoms with Crippen molar-refractivity contribution in [2.24, 2.45) is 0 Å². The van der Waals surface area contributed by atoms with E-state index >= 15 is 0 Å². The maximum absolute atomic E-state index is 11.3. The summed E-state index contributed by atoms with van der Waals surface area (Å²) in [5.74, 6) is -0.226. The van der Waals surface area contributed by atoms with E-state index < -0.39 is 0 Å². The van der Waals surface area contributed by atoms with Crippen molar-refractivity contribution in [3.63, 3.8) is 0 Å². The van der Waals surface area contributed by atoms with Gasteiger partial charge in [0.2, 0.25) is 0 Å². The summed E-state index contributed by atoms with van der Waals surface area (Å²) in [4.78, 5) is 11.3. The molecule has 0 radical (unpaired) electrons. The van der Waals surface area contributed by atoms with Crippen molar-refractivity contribution in [1.29, 1.82) is 0 Å². The second-order valence-corrected chi connectivity index (χ2v) is 3.87. The van der Waals surface area contributed by atoms with Crippen molar-refractivity contribution in [3.05, 3.63) is 11.6 Å². The zero-order valence-electron chi connectivity index (χ0n) is 10.1. The molecular weight excluding hydrogens is 206 g/mol. The van der Waals surface area contributed by atoms with Crippen LogP contribution in [0.25, 0.3) is 0 Å². The van der Waals surface area contributed by atoms with Gasteiger partial charge >= 0.3 is 5.97 Å². The van der Waals surface area contributed by atoms with Gasteiger partial charge in [0.25, 0.3) is 0 Å². The SMILES string of the molecule is CCC(=CCNC1CCOCC1)C(=O)OC. The summed E-state index contributed by atoms with van der Waals surface area (Å²) in [6.45, 7) is 4.35. The quantitative estimate of drug-likeness (QED) is 0.567. The molecule has 0 spiro atoms. The molecule has 1 fully saturated rings. The summed E-state index contributed by atoms with van der Waals surface area (Å²) in [6, 6.07) is 0.515. The first kappa shape index (κ1) is 13.2. The maximum Gasteiger partial charge on any atom is 0.333 e. The van der Waals surface area contributed by atoms with E-state index in [1.54, 1.807) is 0 Å². The second-order valence-electron chi connectivity index (χ2n) is 3.87. The lowest BCUT2D eigenvalue weighted by atomic mass is 10.1. The number of hydrogen-bond acceptors (Lipinski definition) is 4. The highest BCUT2D eigenvalue weighted by molar-refractivity contribution is 5.88. The second kappa shape index (κ2) is 7.41. The molecule has 0 atom stereocenters. The fourth-order valence-corrected chi connectivity index (χ4v) is 1.75. The van der Waals surface area contributed by atoms with Gasteiger partial charge in [0, 0.05) is 31.4 Å². The number of rotatable bonds is 5. The topological polar surface area (TPSA) is 47.6 Å². The van der Waals surface area contributed by atoms with Crippen LogP contribution in [0.4, 0.5) is 0 Å². The first-order valence-corrected chi connectivity index (χ1v) is 5.86. The van der Waals surface area contributed by atoms with Gasteiger partial charge in [-0.2, -0.15) is 0 Å². The Labute approximate surface area is 97.0 Å². The van der Waals surface area contributed by atoms with Crippen molar-refractivity contribution in [2.75, 3.05) is 26.9 Å². The fourth-order valence-electron chi connectivity index (χ4n) is 1.75. The van der Waals surface area contributed by atoms with Gasteiger partial charge in [0.05, 0.1) is 7.11 Å². The van der Waals surface area contributed by atoms with Crippen LogP contribution in [-0.2, 0) is 14.3 Å². The van der Waals surface area contributed by atoms with Crippen LogP contribution < -0.4 is 5.32 Å². The van der Waals surface area contributed by atoms with Gasteiger partial charge in [-0.3, -0.25) is 0 Å². The van der Waals surface area contributed by atoms with Gasteiger partial charge in [-0.25, -0.2) is 4.79 Å². The van der Waals surface area contributed by atoms with Crippen molar-refractivity contribution >= 4 is 5.97 Å². The van der Waals surface area contributed by atoms with Gasteiger partial charge in [-0.15, -0.1) is 0 Å². The third-order valence-corrected chi connectivity index (χ3v) is 2.80. The Morgan fingerprint density at radius 1 is 1.50 bits per heavy atom. The monoisotopic (exact) mass is 227 g/mol. The highest BCUT2D eigenvalue weighted by atomic mass is 16.5. The number of carbonyl (C=O) groups is 1. The average molecular weight is 227 g/mol. The van der Waals surface area contributed by atoms with Crippen LogP contribution in [-0.4, -0.2) is 38.9 Å². The molecule has 0 unspecified atom stereocenters. The Kier molecular flexibility index (Phi) is 6.11. The zero-order chi connectivity index (χ0) is 11.8. The lowest BCUT2D eigenvalue weighted by molar-refractivity contribution is -0.136. The number of hydrogen-bond donors (Lipinski definition) is 1. The molecule has 0 amide bonds. The fraction of sp³-hybridized carbons (Fsp3) is 0.750. The molecule has 0 bridgehead atoms. The molecule has 0 saturated carbocycles. The highest BCUT2D eigenvalue weighted by Gasteiger charge is 2.12. The van der Waals surface area contributed by atoms with E-state index in [4.69, 9.17) is 9.47 Å². The first-order chi connectivity index (χ1) is 7.77. The van der Waals surface area contributed by atoms with Crippen molar-refractivity contribution in [1.82, 2.24) is 5.32 Å². The molecule has 0 aromatic carbocycles. The Morgan fingerprint density at radius 2 is 2.19 bits per heavy atom. The molecular formula is C12H21NO3. The molecule has 4 heteroatoms. The summed E-state index contributed by atoms with van der Waals surface area (Å²) >= 11 is 0. The molecule has 0 aromatic heterocycles. The molecule has 1 aliphatic rings. The highest BCUT2D eigenvalue weighted by Crippen LogP contribution is 2.06. The predicted octanol–water partition coefficient (Wildman–Crippen LogP) is 1.26. The molecule has 1 saturated heterocycles. The van der Waals surface area contributed by atoms with E-state index in [1.807, 2.05) is 13.0 Å². The van der Waals surface area contributed by atoms with Gasteiger partial charge < -0.3 is 14.8 Å². The Bertz CT molecular complexity index is 245. The molecule has 4 nitrogen and oxygen atoms in total. The third-order valence-electron chi connectivity index (χ3n) is 2.80. The van der Waals surface area contributed by atoms with Crippen LogP contribution in [0.15, 0.2) is 11.6 Å². The summed E-state index contributed by atoms with van der Waals surface area (Å²) < 4.78 is 9.97. The van der Waals surface area contributed by atoms with Crippen LogP contribution in [0, 0.1) is 0 Å². The first-order valence-electron chi connectivity index (χ1n) is 5.86. The smallest absolute Gasteiger partial charge is 0.333 e. The predicted molar refractivity (Wildman–Crippen MR) is 62.2 cm³/mol. The summed E-state index contributed by atoms with van der Waals surface area (Å²) in [5.41, 5.74) is 0.738. The molecule has 0 aliphatic carbocycles. The molecule has 92 valence electrons. The Balaban J connectivity index is 2.30. The van der Waals surface area contributed by atoms with Gasteiger partial charge in [-0.1, -0.05) is 13.0 Å². The van der Waals surface area contributed by atoms with E-state index in [0.29, 0.717) is 12.5 Å². The summed E-state index contributed by atoms with van der Waals surface area (Å²) in [5, 5.41) is 3.40. The lowest BCUT2D eigenvalue weighted by Gasteiger charge is -2.22.